The molecule has 1 saturated carbocycles. The number of hydrogen-bond acceptors (Lipinski definition) is 5. The number of nitrogens with one attached hydrogen (secondary N) is 2. The summed E-state index contributed by atoms with van der Waals surface area (Å²) in [7, 11) is 1.70. The predicted octanol–water partition coefficient (Wildman–Crippen LogP) is 4.34. The molecule has 1 aromatic carbocycles. The lowest BCUT2D eigenvalue weighted by molar-refractivity contribution is 0.210. The second-order valence-corrected chi connectivity index (χ2v) is 6.58. The SMILES string of the molecule is COCCNc1cc(NC2CCCCCC2)nc(-c2ccccc2)n1. The topological polar surface area (TPSA) is 59.1 Å². The average Bonchev–Trinajstić information content (AvgIpc) is 2.91. The maximum atomic E-state index is 5.12. The first-order chi connectivity index (χ1) is 12.3. The molecule has 1 fully saturated rings. The second kappa shape index (κ2) is 9.37. The molecule has 2 N–H and O–H groups in total. The van der Waals surface area contributed by atoms with Crippen LogP contribution in [0.5, 0.6) is 0 Å². The molecule has 1 aromatic heterocycles. The van der Waals surface area contributed by atoms with E-state index in [-0.39, 0.29) is 0 Å². The van der Waals surface area contributed by atoms with E-state index in [0.717, 1.165) is 29.6 Å². The molecule has 0 aliphatic heterocycles. The van der Waals surface area contributed by atoms with E-state index < -0.39 is 0 Å². The Kier molecular flexibility index (Phi) is 6.63. The summed E-state index contributed by atoms with van der Waals surface area (Å²) in [6.07, 6.45) is 7.73. The quantitative estimate of drug-likeness (QED) is 0.580. The van der Waals surface area contributed by atoms with Crippen molar-refractivity contribution in [2.45, 2.75) is 44.6 Å². The van der Waals surface area contributed by atoms with Gasteiger partial charge in [0.25, 0.3) is 0 Å². The van der Waals surface area contributed by atoms with Crippen molar-refractivity contribution in [3.05, 3.63) is 36.4 Å². The Morgan fingerprint density at radius 2 is 1.72 bits per heavy atom. The molecular weight excluding hydrogens is 312 g/mol. The Balaban J connectivity index is 1.81. The molecule has 0 amide bonds. The van der Waals surface area contributed by atoms with Gasteiger partial charge in [-0.25, -0.2) is 9.97 Å². The normalized spacial score (nSPS) is 15.6. The molecule has 1 aliphatic carbocycles. The highest BCUT2D eigenvalue weighted by Gasteiger charge is 2.14. The molecular formula is C20H28N4O. The van der Waals surface area contributed by atoms with Gasteiger partial charge in [0.15, 0.2) is 5.82 Å². The molecule has 2 aromatic rings. The van der Waals surface area contributed by atoms with Crippen molar-refractivity contribution >= 4 is 11.6 Å². The molecule has 0 radical (unpaired) electrons. The zero-order chi connectivity index (χ0) is 17.3. The zero-order valence-electron chi connectivity index (χ0n) is 15.0. The third kappa shape index (κ3) is 5.43. The van der Waals surface area contributed by atoms with Gasteiger partial charge in [-0.05, 0) is 12.8 Å². The van der Waals surface area contributed by atoms with Gasteiger partial charge in [0, 0.05) is 31.3 Å². The largest absolute Gasteiger partial charge is 0.383 e. The standard InChI is InChI=1S/C20H28N4O/c1-25-14-13-21-18-15-19(22-17-11-7-2-3-8-12-17)24-20(23-18)16-9-5-4-6-10-16/h4-6,9-10,15,17H,2-3,7-8,11-14H2,1H3,(H2,21,22,23,24). The van der Waals surface area contributed by atoms with Crippen LogP contribution >= 0.6 is 0 Å². The van der Waals surface area contributed by atoms with Gasteiger partial charge in [0.1, 0.15) is 11.6 Å². The van der Waals surface area contributed by atoms with Gasteiger partial charge >= 0.3 is 0 Å². The van der Waals surface area contributed by atoms with Crippen molar-refractivity contribution in [1.82, 2.24) is 9.97 Å². The summed E-state index contributed by atoms with van der Waals surface area (Å²) in [4.78, 5) is 9.43. The van der Waals surface area contributed by atoms with Crippen LogP contribution in [0.2, 0.25) is 0 Å². The highest BCUT2D eigenvalue weighted by molar-refractivity contribution is 5.61. The van der Waals surface area contributed by atoms with Crippen molar-refractivity contribution in [2.24, 2.45) is 0 Å². The van der Waals surface area contributed by atoms with Crippen LogP contribution < -0.4 is 10.6 Å². The lowest BCUT2D eigenvalue weighted by Crippen LogP contribution is -2.20. The van der Waals surface area contributed by atoms with Crippen molar-refractivity contribution in [3.8, 4) is 11.4 Å². The predicted molar refractivity (Wildman–Crippen MR) is 103 cm³/mol. The minimum absolute atomic E-state index is 0.507. The van der Waals surface area contributed by atoms with Crippen LogP contribution in [0.15, 0.2) is 36.4 Å². The summed E-state index contributed by atoms with van der Waals surface area (Å²) >= 11 is 0. The molecule has 3 rings (SSSR count). The van der Waals surface area contributed by atoms with Gasteiger partial charge < -0.3 is 15.4 Å². The lowest BCUT2D eigenvalue weighted by Gasteiger charge is -2.18. The third-order valence-electron chi connectivity index (χ3n) is 4.58. The van der Waals surface area contributed by atoms with E-state index in [1.165, 1.54) is 38.5 Å². The fraction of sp³-hybridized carbons (Fsp3) is 0.500. The van der Waals surface area contributed by atoms with E-state index in [0.29, 0.717) is 12.6 Å². The number of nitrogens with zero attached hydrogens (tertiary/aromatic N) is 2. The van der Waals surface area contributed by atoms with Crippen LogP contribution in [0.1, 0.15) is 38.5 Å². The summed E-state index contributed by atoms with van der Waals surface area (Å²) in [5, 5.41) is 6.97. The Bertz CT molecular complexity index is 639. The number of benzene rings is 1. The van der Waals surface area contributed by atoms with E-state index in [4.69, 9.17) is 9.72 Å². The Hall–Kier alpha value is -2.14. The van der Waals surface area contributed by atoms with E-state index in [9.17, 15) is 0 Å². The summed E-state index contributed by atoms with van der Waals surface area (Å²) in [5.41, 5.74) is 1.03. The zero-order valence-corrected chi connectivity index (χ0v) is 15.0. The van der Waals surface area contributed by atoms with Crippen LogP contribution in [-0.2, 0) is 4.74 Å². The van der Waals surface area contributed by atoms with Gasteiger partial charge in [-0.2, -0.15) is 0 Å². The molecule has 134 valence electrons. The van der Waals surface area contributed by atoms with E-state index in [1.807, 2.05) is 36.4 Å². The van der Waals surface area contributed by atoms with Crippen molar-refractivity contribution in [2.75, 3.05) is 30.9 Å². The molecule has 0 bridgehead atoms. The Morgan fingerprint density at radius 3 is 2.44 bits per heavy atom. The van der Waals surface area contributed by atoms with Crippen molar-refractivity contribution in [3.63, 3.8) is 0 Å². The molecule has 1 aliphatic rings. The van der Waals surface area contributed by atoms with Crippen LogP contribution in [0, 0.1) is 0 Å². The Morgan fingerprint density at radius 1 is 1.00 bits per heavy atom. The third-order valence-corrected chi connectivity index (χ3v) is 4.58. The fourth-order valence-electron chi connectivity index (χ4n) is 3.24. The van der Waals surface area contributed by atoms with Crippen molar-refractivity contribution < 1.29 is 4.74 Å². The first-order valence-corrected chi connectivity index (χ1v) is 9.29. The van der Waals surface area contributed by atoms with Gasteiger partial charge in [-0.1, -0.05) is 56.0 Å². The molecule has 1 heterocycles. The number of hydrogen-bond donors (Lipinski definition) is 2. The first kappa shape index (κ1) is 17.7. The highest BCUT2D eigenvalue weighted by Crippen LogP contribution is 2.24. The van der Waals surface area contributed by atoms with E-state index in [1.54, 1.807) is 7.11 Å². The summed E-state index contributed by atoms with van der Waals surface area (Å²) in [6.45, 7) is 1.38. The second-order valence-electron chi connectivity index (χ2n) is 6.58. The molecule has 5 nitrogen and oxygen atoms in total. The summed E-state index contributed by atoms with van der Waals surface area (Å²) < 4.78 is 5.12. The maximum Gasteiger partial charge on any atom is 0.163 e. The summed E-state index contributed by atoms with van der Waals surface area (Å²) in [6, 6.07) is 12.6. The molecule has 0 saturated heterocycles. The number of aromatic nitrogens is 2. The van der Waals surface area contributed by atoms with Crippen LogP contribution in [0.25, 0.3) is 11.4 Å². The van der Waals surface area contributed by atoms with E-state index >= 15 is 0 Å². The van der Waals surface area contributed by atoms with Gasteiger partial charge in [-0.3, -0.25) is 0 Å². The summed E-state index contributed by atoms with van der Waals surface area (Å²) in [5.74, 6) is 2.49. The van der Waals surface area contributed by atoms with Crippen molar-refractivity contribution in [1.29, 1.82) is 0 Å². The fourth-order valence-corrected chi connectivity index (χ4v) is 3.24. The average molecular weight is 340 g/mol. The van der Waals surface area contributed by atoms with E-state index in [2.05, 4.69) is 15.6 Å². The van der Waals surface area contributed by atoms with Gasteiger partial charge in [-0.15, -0.1) is 0 Å². The minimum atomic E-state index is 0.507. The molecule has 0 unspecified atom stereocenters. The van der Waals surface area contributed by atoms with Crippen LogP contribution in [0.4, 0.5) is 11.6 Å². The first-order valence-electron chi connectivity index (χ1n) is 9.29. The molecule has 5 heteroatoms. The van der Waals surface area contributed by atoms with Crippen LogP contribution in [-0.4, -0.2) is 36.3 Å². The van der Waals surface area contributed by atoms with Gasteiger partial charge in [0.2, 0.25) is 0 Å². The Labute approximate surface area is 150 Å². The number of anilines is 2. The number of methoxy groups -OCH3 is 1. The smallest absolute Gasteiger partial charge is 0.163 e. The van der Waals surface area contributed by atoms with Crippen LogP contribution in [0.3, 0.4) is 0 Å². The maximum absolute atomic E-state index is 5.12. The minimum Gasteiger partial charge on any atom is -0.383 e. The molecule has 25 heavy (non-hydrogen) atoms. The monoisotopic (exact) mass is 340 g/mol. The van der Waals surface area contributed by atoms with Gasteiger partial charge in [0.05, 0.1) is 6.61 Å². The highest BCUT2D eigenvalue weighted by atomic mass is 16.5. The lowest BCUT2D eigenvalue weighted by atomic mass is 10.1. The number of ether oxygens (including phenoxy) is 1. The number of rotatable bonds is 7. The molecule has 0 spiro atoms. The molecule has 0 atom stereocenters.